The lowest BCUT2D eigenvalue weighted by atomic mass is 10.1. The fraction of sp³-hybridized carbons (Fsp3) is 0.316. The maximum Gasteiger partial charge on any atom is 0.244 e. The molecule has 1 amide bonds. The van der Waals surface area contributed by atoms with E-state index in [0.29, 0.717) is 19.0 Å². The summed E-state index contributed by atoms with van der Waals surface area (Å²) >= 11 is 0. The molecule has 2 aromatic rings. The summed E-state index contributed by atoms with van der Waals surface area (Å²) in [5, 5.41) is 5.97. The fourth-order valence-electron chi connectivity index (χ4n) is 2.22. The number of amides is 1. The number of hydrogen-bond acceptors (Lipinski definition) is 5. The Morgan fingerprint density at radius 2 is 1.92 bits per heavy atom. The first kappa shape index (κ1) is 18.4. The van der Waals surface area contributed by atoms with Crippen LogP contribution in [-0.4, -0.2) is 43.1 Å². The molecule has 0 aliphatic heterocycles. The molecule has 6 heteroatoms. The van der Waals surface area contributed by atoms with Gasteiger partial charge in [0.05, 0.1) is 0 Å². The first-order chi connectivity index (χ1) is 12.0. The van der Waals surface area contributed by atoms with Crippen molar-refractivity contribution in [3.05, 3.63) is 53.2 Å². The van der Waals surface area contributed by atoms with Crippen molar-refractivity contribution in [2.45, 2.75) is 13.8 Å². The average Bonchev–Trinajstić information content (AvgIpc) is 2.57. The standard InChI is InChI=1S/C19H25N5O/c1-14-7-5-6-8-16(14)9-10-18(25)20-11-12-21-19-22-15(2)13-17(23-19)24(3)4/h5-10,13H,11-12H2,1-4H3,(H,20,25)(H,21,22,23)/b10-9+. The number of anilines is 2. The maximum atomic E-state index is 11.9. The number of nitrogens with one attached hydrogen (secondary N) is 2. The van der Waals surface area contributed by atoms with Crippen molar-refractivity contribution in [2.24, 2.45) is 0 Å². The summed E-state index contributed by atoms with van der Waals surface area (Å²) in [6.07, 6.45) is 3.38. The van der Waals surface area contributed by atoms with Crippen LogP contribution in [0.2, 0.25) is 0 Å². The van der Waals surface area contributed by atoms with E-state index in [0.717, 1.165) is 22.6 Å². The van der Waals surface area contributed by atoms with Crippen molar-refractivity contribution >= 4 is 23.7 Å². The van der Waals surface area contributed by atoms with Crippen LogP contribution < -0.4 is 15.5 Å². The van der Waals surface area contributed by atoms with Gasteiger partial charge in [-0.15, -0.1) is 0 Å². The van der Waals surface area contributed by atoms with Crippen molar-refractivity contribution in [2.75, 3.05) is 37.4 Å². The van der Waals surface area contributed by atoms with Crippen LogP contribution in [0.4, 0.5) is 11.8 Å². The normalized spacial score (nSPS) is 10.7. The Balaban J connectivity index is 1.79. The average molecular weight is 339 g/mol. The zero-order chi connectivity index (χ0) is 18.2. The van der Waals surface area contributed by atoms with Crippen LogP contribution in [0, 0.1) is 13.8 Å². The number of rotatable bonds is 7. The minimum atomic E-state index is -0.121. The summed E-state index contributed by atoms with van der Waals surface area (Å²) in [5.74, 6) is 1.29. The monoisotopic (exact) mass is 339 g/mol. The Kier molecular flexibility index (Phi) is 6.51. The van der Waals surface area contributed by atoms with E-state index in [1.165, 1.54) is 0 Å². The Labute approximate surface area is 149 Å². The molecule has 0 unspecified atom stereocenters. The molecule has 0 aliphatic rings. The quantitative estimate of drug-likeness (QED) is 0.599. The van der Waals surface area contributed by atoms with Crippen LogP contribution in [0.15, 0.2) is 36.4 Å². The van der Waals surface area contributed by atoms with Gasteiger partial charge >= 0.3 is 0 Å². The van der Waals surface area contributed by atoms with Gasteiger partial charge in [-0.1, -0.05) is 24.3 Å². The molecule has 2 rings (SSSR count). The Hall–Kier alpha value is -2.89. The van der Waals surface area contributed by atoms with Crippen LogP contribution >= 0.6 is 0 Å². The number of carbonyl (C=O) groups is 1. The highest BCUT2D eigenvalue weighted by Gasteiger charge is 2.03. The SMILES string of the molecule is Cc1cc(N(C)C)nc(NCCNC(=O)/C=C/c2ccccc2C)n1. The second-order valence-corrected chi connectivity index (χ2v) is 5.99. The number of nitrogens with zero attached hydrogens (tertiary/aromatic N) is 3. The number of hydrogen-bond donors (Lipinski definition) is 2. The van der Waals surface area contributed by atoms with Crippen LogP contribution in [0.3, 0.4) is 0 Å². The lowest BCUT2D eigenvalue weighted by Gasteiger charge is -2.13. The lowest BCUT2D eigenvalue weighted by molar-refractivity contribution is -0.116. The van der Waals surface area contributed by atoms with Gasteiger partial charge in [-0.2, -0.15) is 4.98 Å². The third-order valence-electron chi connectivity index (χ3n) is 3.61. The van der Waals surface area contributed by atoms with Gasteiger partial charge in [-0.05, 0) is 31.1 Å². The summed E-state index contributed by atoms with van der Waals surface area (Å²) in [4.78, 5) is 22.6. The summed E-state index contributed by atoms with van der Waals surface area (Å²) in [6.45, 7) is 5.00. The van der Waals surface area contributed by atoms with E-state index in [2.05, 4.69) is 20.6 Å². The van der Waals surface area contributed by atoms with Crippen LogP contribution in [0.5, 0.6) is 0 Å². The van der Waals surface area contributed by atoms with Crippen LogP contribution in [-0.2, 0) is 4.79 Å². The molecule has 0 saturated heterocycles. The summed E-state index contributed by atoms with van der Waals surface area (Å²) < 4.78 is 0. The molecule has 0 radical (unpaired) electrons. The molecule has 0 spiro atoms. The molecular formula is C19H25N5O. The zero-order valence-electron chi connectivity index (χ0n) is 15.2. The molecule has 2 N–H and O–H groups in total. The zero-order valence-corrected chi connectivity index (χ0v) is 15.2. The van der Waals surface area contributed by atoms with E-state index in [-0.39, 0.29) is 5.91 Å². The molecule has 1 aromatic heterocycles. The molecule has 0 aliphatic carbocycles. The molecule has 6 nitrogen and oxygen atoms in total. The van der Waals surface area contributed by atoms with E-state index in [1.54, 1.807) is 6.08 Å². The Morgan fingerprint density at radius 3 is 2.64 bits per heavy atom. The Bertz CT molecular complexity index is 755. The third-order valence-corrected chi connectivity index (χ3v) is 3.61. The van der Waals surface area contributed by atoms with E-state index in [1.807, 2.05) is 69.3 Å². The van der Waals surface area contributed by atoms with E-state index >= 15 is 0 Å². The highest BCUT2D eigenvalue weighted by atomic mass is 16.1. The van der Waals surface area contributed by atoms with Gasteiger partial charge in [-0.3, -0.25) is 4.79 Å². The summed E-state index contributed by atoms with van der Waals surface area (Å²) in [5.41, 5.74) is 3.08. The number of aromatic nitrogens is 2. The molecule has 0 atom stereocenters. The molecule has 0 bridgehead atoms. The van der Waals surface area contributed by atoms with Gasteiger partial charge in [-0.25, -0.2) is 4.98 Å². The van der Waals surface area contributed by atoms with Crippen molar-refractivity contribution in [3.8, 4) is 0 Å². The molecule has 132 valence electrons. The highest BCUT2D eigenvalue weighted by Crippen LogP contribution is 2.11. The van der Waals surface area contributed by atoms with Crippen LogP contribution in [0.25, 0.3) is 6.08 Å². The lowest BCUT2D eigenvalue weighted by Crippen LogP contribution is -2.27. The largest absolute Gasteiger partial charge is 0.363 e. The minimum absolute atomic E-state index is 0.121. The van der Waals surface area contributed by atoms with Gasteiger partial charge in [0, 0.05) is 45.0 Å². The van der Waals surface area contributed by atoms with Crippen LogP contribution in [0.1, 0.15) is 16.8 Å². The molecule has 1 aromatic carbocycles. The summed E-state index contributed by atoms with van der Waals surface area (Å²) in [6, 6.07) is 9.86. The number of aryl methyl sites for hydroxylation is 2. The van der Waals surface area contributed by atoms with Crippen molar-refractivity contribution in [1.29, 1.82) is 0 Å². The smallest absolute Gasteiger partial charge is 0.244 e. The minimum Gasteiger partial charge on any atom is -0.363 e. The predicted molar refractivity (Wildman–Crippen MR) is 103 cm³/mol. The van der Waals surface area contributed by atoms with E-state index in [4.69, 9.17) is 0 Å². The van der Waals surface area contributed by atoms with Gasteiger partial charge in [0.1, 0.15) is 5.82 Å². The van der Waals surface area contributed by atoms with Gasteiger partial charge in [0.25, 0.3) is 0 Å². The predicted octanol–water partition coefficient (Wildman–Crippen LogP) is 2.40. The van der Waals surface area contributed by atoms with Gasteiger partial charge in [0.2, 0.25) is 11.9 Å². The maximum absolute atomic E-state index is 11.9. The molecule has 0 fully saturated rings. The molecular weight excluding hydrogens is 314 g/mol. The second kappa shape index (κ2) is 8.82. The summed E-state index contributed by atoms with van der Waals surface area (Å²) in [7, 11) is 3.87. The molecule has 0 saturated carbocycles. The second-order valence-electron chi connectivity index (χ2n) is 5.99. The van der Waals surface area contributed by atoms with Crippen molar-refractivity contribution in [3.63, 3.8) is 0 Å². The number of carbonyl (C=O) groups excluding carboxylic acids is 1. The van der Waals surface area contributed by atoms with E-state index in [9.17, 15) is 4.79 Å². The first-order valence-corrected chi connectivity index (χ1v) is 8.24. The number of benzene rings is 1. The topological polar surface area (TPSA) is 70.2 Å². The van der Waals surface area contributed by atoms with Crippen molar-refractivity contribution in [1.82, 2.24) is 15.3 Å². The highest BCUT2D eigenvalue weighted by molar-refractivity contribution is 5.91. The fourth-order valence-corrected chi connectivity index (χ4v) is 2.22. The first-order valence-electron chi connectivity index (χ1n) is 8.24. The molecule has 25 heavy (non-hydrogen) atoms. The van der Waals surface area contributed by atoms with E-state index < -0.39 is 0 Å². The van der Waals surface area contributed by atoms with Gasteiger partial charge < -0.3 is 15.5 Å². The molecule has 1 heterocycles. The van der Waals surface area contributed by atoms with Gasteiger partial charge in [0.15, 0.2) is 0 Å². The Morgan fingerprint density at radius 1 is 1.16 bits per heavy atom. The third kappa shape index (κ3) is 5.91. The van der Waals surface area contributed by atoms with Crippen molar-refractivity contribution < 1.29 is 4.79 Å².